The minimum atomic E-state index is -4.03. The van der Waals surface area contributed by atoms with Gasteiger partial charge in [0.05, 0.1) is 16.6 Å². The number of hydrogen-bond donors (Lipinski definition) is 2. The average Bonchev–Trinajstić information content (AvgIpc) is 3.34. The van der Waals surface area contributed by atoms with E-state index in [1.807, 2.05) is 13.0 Å². The fraction of sp³-hybridized carbons (Fsp3) is 0.350. The van der Waals surface area contributed by atoms with Crippen LogP contribution in [0.5, 0.6) is 0 Å². The van der Waals surface area contributed by atoms with Gasteiger partial charge in [0.25, 0.3) is 5.89 Å². The van der Waals surface area contributed by atoms with Crippen molar-refractivity contribution in [2.24, 2.45) is 5.14 Å². The SMILES string of the molecule is Cc1noc(-c2cc(-c3c(C)ccc(C[C@H]4CCCO4)c3S(N)(=O)=O)cnc2N)n1. The van der Waals surface area contributed by atoms with E-state index in [1.165, 1.54) is 6.20 Å². The number of primary sulfonamides is 1. The number of ether oxygens (including phenoxy) is 1. The number of nitrogens with two attached hydrogens (primary N) is 2. The minimum Gasteiger partial charge on any atom is -0.383 e. The smallest absolute Gasteiger partial charge is 0.261 e. The van der Waals surface area contributed by atoms with Gasteiger partial charge in [-0.2, -0.15) is 4.98 Å². The van der Waals surface area contributed by atoms with Gasteiger partial charge in [-0.3, -0.25) is 0 Å². The Morgan fingerprint density at radius 1 is 1.27 bits per heavy atom. The summed E-state index contributed by atoms with van der Waals surface area (Å²) in [5.41, 5.74) is 8.84. The highest BCUT2D eigenvalue weighted by molar-refractivity contribution is 7.89. The maximum Gasteiger partial charge on any atom is 0.261 e. The average molecular weight is 430 g/mol. The second-order valence-electron chi connectivity index (χ2n) is 7.43. The molecule has 1 fully saturated rings. The van der Waals surface area contributed by atoms with Crippen LogP contribution < -0.4 is 10.9 Å². The van der Waals surface area contributed by atoms with E-state index >= 15 is 0 Å². The van der Waals surface area contributed by atoms with Gasteiger partial charge in [-0.15, -0.1) is 0 Å². The summed E-state index contributed by atoms with van der Waals surface area (Å²) >= 11 is 0. The Hall–Kier alpha value is -2.82. The monoisotopic (exact) mass is 429 g/mol. The number of nitrogen functional groups attached to an aromatic ring is 1. The summed E-state index contributed by atoms with van der Waals surface area (Å²) in [5, 5.41) is 9.45. The summed E-state index contributed by atoms with van der Waals surface area (Å²) in [7, 11) is -4.03. The zero-order valence-corrected chi connectivity index (χ0v) is 17.6. The molecule has 0 saturated carbocycles. The lowest BCUT2D eigenvalue weighted by Gasteiger charge is -2.18. The van der Waals surface area contributed by atoms with Crippen molar-refractivity contribution in [1.29, 1.82) is 0 Å². The first-order chi connectivity index (χ1) is 14.2. The standard InChI is InChI=1S/C20H23N5O4S/c1-11-5-6-13(8-15-4-3-7-28-15)18(30(22,26)27)17(11)14-9-16(19(21)23-10-14)20-24-12(2)25-29-20/h5-6,9-10,15H,3-4,7-8H2,1-2H3,(H2,21,23)(H2,22,26,27)/t15-/m1/s1. The molecule has 4 N–H and O–H groups in total. The third kappa shape index (κ3) is 3.93. The van der Waals surface area contributed by atoms with Crippen LogP contribution in [0.15, 0.2) is 33.8 Å². The predicted molar refractivity (Wildman–Crippen MR) is 111 cm³/mol. The predicted octanol–water partition coefficient (Wildman–Crippen LogP) is 2.37. The van der Waals surface area contributed by atoms with E-state index in [4.69, 9.17) is 20.1 Å². The Balaban J connectivity index is 1.90. The van der Waals surface area contributed by atoms with Crippen LogP contribution in [0.3, 0.4) is 0 Å². The normalized spacial score (nSPS) is 16.8. The second-order valence-corrected chi connectivity index (χ2v) is 8.93. The van der Waals surface area contributed by atoms with Crippen LogP contribution in [0.4, 0.5) is 5.82 Å². The highest BCUT2D eigenvalue weighted by Gasteiger charge is 2.26. The largest absolute Gasteiger partial charge is 0.383 e. The molecule has 1 aliphatic rings. The number of pyridine rings is 1. The molecule has 0 bridgehead atoms. The molecular formula is C20H23N5O4S. The molecule has 1 aliphatic heterocycles. The molecule has 4 rings (SSSR count). The minimum absolute atomic E-state index is 0.0254. The molecule has 10 heteroatoms. The van der Waals surface area contributed by atoms with Gasteiger partial charge in [0.2, 0.25) is 10.0 Å². The van der Waals surface area contributed by atoms with Crippen LogP contribution in [0, 0.1) is 13.8 Å². The topological polar surface area (TPSA) is 147 Å². The van der Waals surface area contributed by atoms with E-state index < -0.39 is 10.0 Å². The van der Waals surface area contributed by atoms with Crippen molar-refractivity contribution in [3.05, 3.63) is 41.3 Å². The summed E-state index contributed by atoms with van der Waals surface area (Å²) in [6, 6.07) is 5.37. The Morgan fingerprint density at radius 2 is 2.07 bits per heavy atom. The maximum atomic E-state index is 12.7. The Kier molecular flexibility index (Phi) is 5.31. The molecule has 1 aromatic carbocycles. The van der Waals surface area contributed by atoms with Gasteiger partial charge in [-0.1, -0.05) is 17.3 Å². The summed E-state index contributed by atoms with van der Waals surface area (Å²) < 4.78 is 36.2. The van der Waals surface area contributed by atoms with E-state index in [2.05, 4.69) is 15.1 Å². The van der Waals surface area contributed by atoms with Crippen molar-refractivity contribution >= 4 is 15.8 Å². The van der Waals surface area contributed by atoms with Crippen molar-refractivity contribution in [1.82, 2.24) is 15.1 Å². The molecular weight excluding hydrogens is 406 g/mol. The molecule has 9 nitrogen and oxygen atoms in total. The fourth-order valence-electron chi connectivity index (χ4n) is 3.81. The molecule has 0 unspecified atom stereocenters. The highest BCUT2D eigenvalue weighted by Crippen LogP contribution is 2.36. The van der Waals surface area contributed by atoms with Crippen LogP contribution in [0.2, 0.25) is 0 Å². The molecule has 0 spiro atoms. The van der Waals surface area contributed by atoms with Crippen LogP contribution in [-0.2, 0) is 21.2 Å². The van der Waals surface area contributed by atoms with Gasteiger partial charge in [-0.05, 0) is 50.3 Å². The molecule has 30 heavy (non-hydrogen) atoms. The lowest BCUT2D eigenvalue weighted by atomic mass is 9.95. The van der Waals surface area contributed by atoms with Gasteiger partial charge in [0, 0.05) is 23.9 Å². The number of aromatic nitrogens is 3. The van der Waals surface area contributed by atoms with Crippen LogP contribution in [-0.4, -0.2) is 36.3 Å². The van der Waals surface area contributed by atoms with E-state index in [-0.39, 0.29) is 22.7 Å². The van der Waals surface area contributed by atoms with Crippen molar-refractivity contribution < 1.29 is 17.7 Å². The lowest BCUT2D eigenvalue weighted by Crippen LogP contribution is -2.19. The van der Waals surface area contributed by atoms with Crippen LogP contribution in [0.25, 0.3) is 22.6 Å². The van der Waals surface area contributed by atoms with Gasteiger partial charge in [0.15, 0.2) is 5.82 Å². The Morgan fingerprint density at radius 3 is 2.70 bits per heavy atom. The molecule has 1 atom stereocenters. The van der Waals surface area contributed by atoms with Gasteiger partial charge >= 0.3 is 0 Å². The molecule has 2 aromatic heterocycles. The zero-order chi connectivity index (χ0) is 21.5. The summed E-state index contributed by atoms with van der Waals surface area (Å²) in [6.45, 7) is 4.20. The highest BCUT2D eigenvalue weighted by atomic mass is 32.2. The number of aryl methyl sites for hydroxylation is 2. The molecule has 0 amide bonds. The lowest BCUT2D eigenvalue weighted by molar-refractivity contribution is 0.111. The number of benzene rings is 1. The van der Waals surface area contributed by atoms with Gasteiger partial charge < -0.3 is 15.0 Å². The fourth-order valence-corrected chi connectivity index (χ4v) is 4.89. The third-order valence-electron chi connectivity index (χ3n) is 5.17. The maximum absolute atomic E-state index is 12.7. The van der Waals surface area contributed by atoms with Gasteiger partial charge in [0.1, 0.15) is 5.82 Å². The molecule has 0 radical (unpaired) electrons. The van der Waals surface area contributed by atoms with E-state index in [0.29, 0.717) is 41.1 Å². The summed E-state index contributed by atoms with van der Waals surface area (Å²) in [6.07, 6.45) is 3.81. The first-order valence-corrected chi connectivity index (χ1v) is 11.1. The number of nitrogens with zero attached hydrogens (tertiary/aromatic N) is 3. The van der Waals surface area contributed by atoms with Crippen LogP contribution in [0.1, 0.15) is 29.8 Å². The molecule has 3 heterocycles. The number of sulfonamides is 1. The molecule has 1 saturated heterocycles. The number of hydrogen-bond acceptors (Lipinski definition) is 8. The quantitative estimate of drug-likeness (QED) is 0.628. The first kappa shape index (κ1) is 20.5. The molecule has 0 aliphatic carbocycles. The van der Waals surface area contributed by atoms with Crippen LogP contribution >= 0.6 is 0 Å². The summed E-state index contributed by atoms with van der Waals surface area (Å²) in [5.74, 6) is 0.868. The Labute approximate surface area is 174 Å². The van der Waals surface area contributed by atoms with Crippen molar-refractivity contribution in [3.8, 4) is 22.6 Å². The Bertz CT molecular complexity index is 1200. The van der Waals surface area contributed by atoms with E-state index in [9.17, 15) is 8.42 Å². The number of rotatable bonds is 5. The zero-order valence-electron chi connectivity index (χ0n) is 16.8. The van der Waals surface area contributed by atoms with E-state index in [1.54, 1.807) is 19.1 Å². The molecule has 158 valence electrons. The third-order valence-corrected chi connectivity index (χ3v) is 6.20. The van der Waals surface area contributed by atoms with Crippen molar-refractivity contribution in [2.45, 2.75) is 44.1 Å². The first-order valence-electron chi connectivity index (χ1n) is 9.57. The second kappa shape index (κ2) is 7.78. The van der Waals surface area contributed by atoms with Crippen molar-refractivity contribution in [3.63, 3.8) is 0 Å². The number of anilines is 1. The molecule has 3 aromatic rings. The summed E-state index contributed by atoms with van der Waals surface area (Å²) in [4.78, 5) is 8.51. The van der Waals surface area contributed by atoms with Crippen molar-refractivity contribution in [2.75, 3.05) is 12.3 Å². The van der Waals surface area contributed by atoms with Gasteiger partial charge in [-0.25, -0.2) is 18.5 Å². The van der Waals surface area contributed by atoms with E-state index in [0.717, 1.165) is 18.4 Å².